The van der Waals surface area contributed by atoms with Gasteiger partial charge in [0.1, 0.15) is 11.6 Å². The lowest BCUT2D eigenvalue weighted by atomic mass is 9.79. The number of carbonyl (C=O) groups is 1. The van der Waals surface area contributed by atoms with Crippen LogP contribution in [-0.2, 0) is 4.74 Å². The number of hydrogen-bond donors (Lipinski definition) is 1. The Morgan fingerprint density at radius 1 is 1.17 bits per heavy atom. The third kappa shape index (κ3) is 3.75. The zero-order valence-electron chi connectivity index (χ0n) is 13.8. The number of morpholine rings is 1. The molecule has 2 aliphatic rings. The van der Waals surface area contributed by atoms with Crippen LogP contribution in [0, 0.1) is 11.6 Å². The first-order valence-electron chi connectivity index (χ1n) is 8.67. The van der Waals surface area contributed by atoms with Gasteiger partial charge in [-0.2, -0.15) is 0 Å². The fraction of sp³-hybridized carbons (Fsp3) is 0.611. The SMILES string of the molecule is O=C(NCC1(N2CCOCC2)CCCCC1)c1ccc(F)cc1F. The zero-order chi connectivity index (χ0) is 17.0. The predicted molar refractivity (Wildman–Crippen MR) is 86.9 cm³/mol. The average Bonchev–Trinajstić information content (AvgIpc) is 2.61. The molecular formula is C18H24F2N2O2. The van der Waals surface area contributed by atoms with Crippen molar-refractivity contribution in [1.29, 1.82) is 0 Å². The number of benzene rings is 1. The number of halogens is 2. The van der Waals surface area contributed by atoms with Crippen molar-refractivity contribution in [3.8, 4) is 0 Å². The van der Waals surface area contributed by atoms with E-state index in [9.17, 15) is 13.6 Å². The first-order valence-corrected chi connectivity index (χ1v) is 8.67. The summed E-state index contributed by atoms with van der Waals surface area (Å²) < 4.78 is 32.2. The van der Waals surface area contributed by atoms with Crippen LogP contribution in [-0.4, -0.2) is 49.2 Å². The molecule has 1 N–H and O–H groups in total. The summed E-state index contributed by atoms with van der Waals surface area (Å²) >= 11 is 0. The number of amides is 1. The molecule has 2 fully saturated rings. The normalized spacial score (nSPS) is 21.4. The molecule has 4 nitrogen and oxygen atoms in total. The van der Waals surface area contributed by atoms with Gasteiger partial charge in [0.05, 0.1) is 18.8 Å². The molecule has 1 aromatic rings. The van der Waals surface area contributed by atoms with Gasteiger partial charge in [-0.25, -0.2) is 8.78 Å². The van der Waals surface area contributed by atoms with E-state index in [0.717, 1.165) is 50.9 Å². The molecule has 0 radical (unpaired) electrons. The Morgan fingerprint density at radius 2 is 1.88 bits per heavy atom. The molecule has 0 aromatic heterocycles. The molecule has 1 aromatic carbocycles. The summed E-state index contributed by atoms with van der Waals surface area (Å²) in [6.45, 7) is 3.63. The lowest BCUT2D eigenvalue weighted by Gasteiger charge is -2.48. The van der Waals surface area contributed by atoms with E-state index in [1.54, 1.807) is 0 Å². The van der Waals surface area contributed by atoms with Crippen LogP contribution in [0.2, 0.25) is 0 Å². The Hall–Kier alpha value is -1.53. The maximum Gasteiger partial charge on any atom is 0.254 e. The number of ether oxygens (including phenoxy) is 1. The quantitative estimate of drug-likeness (QED) is 0.918. The number of nitrogens with one attached hydrogen (secondary N) is 1. The van der Waals surface area contributed by atoms with E-state index >= 15 is 0 Å². The first-order chi connectivity index (χ1) is 11.6. The minimum absolute atomic E-state index is 0.0752. The molecule has 0 unspecified atom stereocenters. The third-order valence-electron chi connectivity index (χ3n) is 5.22. The lowest BCUT2D eigenvalue weighted by molar-refractivity contribution is -0.0361. The molecule has 1 saturated heterocycles. The molecule has 6 heteroatoms. The van der Waals surface area contributed by atoms with Crippen molar-refractivity contribution in [2.75, 3.05) is 32.8 Å². The summed E-state index contributed by atoms with van der Waals surface area (Å²) in [5, 5.41) is 2.88. The van der Waals surface area contributed by atoms with Gasteiger partial charge in [0.15, 0.2) is 0 Å². The van der Waals surface area contributed by atoms with Crippen molar-refractivity contribution < 1.29 is 18.3 Å². The van der Waals surface area contributed by atoms with Crippen molar-refractivity contribution in [3.63, 3.8) is 0 Å². The van der Waals surface area contributed by atoms with Crippen LogP contribution in [0.1, 0.15) is 42.5 Å². The van der Waals surface area contributed by atoms with Crippen molar-refractivity contribution in [1.82, 2.24) is 10.2 Å². The summed E-state index contributed by atoms with van der Waals surface area (Å²) in [6.07, 6.45) is 5.54. The maximum absolute atomic E-state index is 13.8. The number of rotatable bonds is 4. The number of carbonyl (C=O) groups excluding carboxylic acids is 1. The van der Waals surface area contributed by atoms with Crippen molar-refractivity contribution in [3.05, 3.63) is 35.4 Å². The Balaban J connectivity index is 1.69. The van der Waals surface area contributed by atoms with Crippen molar-refractivity contribution in [2.45, 2.75) is 37.6 Å². The fourth-order valence-electron chi connectivity index (χ4n) is 3.87. The third-order valence-corrected chi connectivity index (χ3v) is 5.22. The highest BCUT2D eigenvalue weighted by molar-refractivity contribution is 5.94. The van der Waals surface area contributed by atoms with Gasteiger partial charge in [-0.1, -0.05) is 19.3 Å². The Bertz CT molecular complexity index is 582. The van der Waals surface area contributed by atoms with Crippen molar-refractivity contribution >= 4 is 5.91 Å². The summed E-state index contributed by atoms with van der Waals surface area (Å²) in [6, 6.07) is 3.05. The first kappa shape index (κ1) is 17.3. The highest BCUT2D eigenvalue weighted by Gasteiger charge is 2.38. The van der Waals surface area contributed by atoms with E-state index in [4.69, 9.17) is 4.74 Å². The number of hydrogen-bond acceptors (Lipinski definition) is 3. The van der Waals surface area contributed by atoms with E-state index in [2.05, 4.69) is 10.2 Å². The van der Waals surface area contributed by atoms with Gasteiger partial charge in [-0.05, 0) is 25.0 Å². The van der Waals surface area contributed by atoms with E-state index in [1.165, 1.54) is 12.5 Å². The smallest absolute Gasteiger partial charge is 0.254 e. The number of nitrogens with zero attached hydrogens (tertiary/aromatic N) is 1. The van der Waals surface area contributed by atoms with Crippen LogP contribution < -0.4 is 5.32 Å². The van der Waals surface area contributed by atoms with E-state index in [0.29, 0.717) is 19.8 Å². The van der Waals surface area contributed by atoms with Crippen LogP contribution >= 0.6 is 0 Å². The van der Waals surface area contributed by atoms with Crippen LogP contribution in [0.4, 0.5) is 8.78 Å². The van der Waals surface area contributed by atoms with E-state index in [1.807, 2.05) is 0 Å². The van der Waals surface area contributed by atoms with Gasteiger partial charge in [-0.15, -0.1) is 0 Å². The Morgan fingerprint density at radius 3 is 2.54 bits per heavy atom. The summed E-state index contributed by atoms with van der Waals surface area (Å²) in [5.74, 6) is -1.98. The molecule has 0 spiro atoms. The second-order valence-electron chi connectivity index (χ2n) is 6.69. The monoisotopic (exact) mass is 338 g/mol. The van der Waals surface area contributed by atoms with Crippen LogP contribution in [0.3, 0.4) is 0 Å². The van der Waals surface area contributed by atoms with Crippen LogP contribution in [0.5, 0.6) is 0 Å². The van der Waals surface area contributed by atoms with Gasteiger partial charge in [0, 0.05) is 31.2 Å². The van der Waals surface area contributed by atoms with Crippen LogP contribution in [0.25, 0.3) is 0 Å². The molecule has 132 valence electrons. The van der Waals surface area contributed by atoms with Crippen LogP contribution in [0.15, 0.2) is 18.2 Å². The average molecular weight is 338 g/mol. The second kappa shape index (κ2) is 7.57. The maximum atomic E-state index is 13.8. The minimum Gasteiger partial charge on any atom is -0.379 e. The highest BCUT2D eigenvalue weighted by atomic mass is 19.1. The summed E-state index contributed by atoms with van der Waals surface area (Å²) in [5.41, 5.74) is -0.182. The molecule has 0 bridgehead atoms. The topological polar surface area (TPSA) is 41.6 Å². The van der Waals surface area contributed by atoms with E-state index in [-0.39, 0.29) is 11.1 Å². The van der Waals surface area contributed by atoms with Gasteiger partial charge >= 0.3 is 0 Å². The molecule has 24 heavy (non-hydrogen) atoms. The standard InChI is InChI=1S/C18H24F2N2O2/c19-14-4-5-15(16(20)12-14)17(23)21-13-18(6-2-1-3-7-18)22-8-10-24-11-9-22/h4-5,12H,1-3,6-11,13H2,(H,21,23). The van der Waals surface area contributed by atoms with E-state index < -0.39 is 17.5 Å². The largest absolute Gasteiger partial charge is 0.379 e. The molecule has 1 heterocycles. The summed E-state index contributed by atoms with van der Waals surface area (Å²) in [4.78, 5) is 14.7. The zero-order valence-corrected chi connectivity index (χ0v) is 13.8. The second-order valence-corrected chi connectivity index (χ2v) is 6.69. The van der Waals surface area contributed by atoms with Gasteiger partial charge in [0.2, 0.25) is 0 Å². The fourth-order valence-corrected chi connectivity index (χ4v) is 3.87. The van der Waals surface area contributed by atoms with Crippen molar-refractivity contribution in [2.24, 2.45) is 0 Å². The summed E-state index contributed by atoms with van der Waals surface area (Å²) in [7, 11) is 0. The lowest BCUT2D eigenvalue weighted by Crippen LogP contribution is -2.59. The predicted octanol–water partition coefficient (Wildman–Crippen LogP) is 2.73. The molecule has 1 amide bonds. The highest BCUT2D eigenvalue weighted by Crippen LogP contribution is 2.34. The molecule has 1 aliphatic heterocycles. The Kier molecular flexibility index (Phi) is 5.46. The van der Waals surface area contributed by atoms with Gasteiger partial charge in [-0.3, -0.25) is 9.69 Å². The molecule has 1 saturated carbocycles. The molecule has 3 rings (SSSR count). The Labute approximate surface area is 141 Å². The molecular weight excluding hydrogens is 314 g/mol. The van der Waals surface area contributed by atoms with Gasteiger partial charge < -0.3 is 10.1 Å². The molecule has 0 atom stereocenters. The minimum atomic E-state index is -0.823. The molecule has 1 aliphatic carbocycles. The van der Waals surface area contributed by atoms with Gasteiger partial charge in [0.25, 0.3) is 5.91 Å².